The first-order valence-electron chi connectivity index (χ1n) is 10.00. The zero-order chi connectivity index (χ0) is 23.1. The lowest BCUT2D eigenvalue weighted by Crippen LogP contribution is -2.45. The Hall–Kier alpha value is -4.26. The van der Waals surface area contributed by atoms with Gasteiger partial charge in [0.1, 0.15) is 0 Å². The standard InChI is InChI=1S/C25H23N3O4/c1-16-12-13-19(17(2)14-16)22(29)15-23(30)25(32)28-27-24(31)20-10-6-7-11-21(20)26-18-8-4-3-5-9-18/h3-14,26H,15H2,1-2H3,(H,27,31)(H,28,32). The molecule has 0 aliphatic carbocycles. The van der Waals surface area contributed by atoms with Crippen molar-refractivity contribution in [1.29, 1.82) is 0 Å². The highest BCUT2D eigenvalue weighted by molar-refractivity contribution is 6.40. The van der Waals surface area contributed by atoms with Gasteiger partial charge >= 0.3 is 5.91 Å². The Morgan fingerprint density at radius 1 is 0.750 bits per heavy atom. The minimum Gasteiger partial charge on any atom is -0.355 e. The van der Waals surface area contributed by atoms with Gasteiger partial charge in [-0.15, -0.1) is 0 Å². The molecule has 0 aliphatic heterocycles. The van der Waals surface area contributed by atoms with E-state index in [4.69, 9.17) is 0 Å². The van der Waals surface area contributed by atoms with Crippen LogP contribution in [0.5, 0.6) is 0 Å². The molecule has 0 aromatic heterocycles. The number of nitrogens with one attached hydrogen (secondary N) is 3. The number of rotatable bonds is 7. The molecule has 7 heteroatoms. The van der Waals surface area contributed by atoms with Gasteiger partial charge in [0.05, 0.1) is 17.7 Å². The van der Waals surface area contributed by atoms with Crippen LogP contribution in [0.4, 0.5) is 11.4 Å². The molecule has 0 unspecified atom stereocenters. The number of anilines is 2. The van der Waals surface area contributed by atoms with Crippen LogP contribution in [0.15, 0.2) is 72.8 Å². The van der Waals surface area contributed by atoms with Gasteiger partial charge in [-0.1, -0.05) is 54.1 Å². The zero-order valence-electron chi connectivity index (χ0n) is 17.8. The number of hydrogen-bond acceptors (Lipinski definition) is 5. The molecule has 0 atom stereocenters. The second-order valence-electron chi connectivity index (χ2n) is 7.29. The minimum absolute atomic E-state index is 0.274. The summed E-state index contributed by atoms with van der Waals surface area (Å²) >= 11 is 0. The molecule has 0 radical (unpaired) electrons. The maximum absolute atomic E-state index is 12.6. The third kappa shape index (κ3) is 5.66. The minimum atomic E-state index is -1.06. The summed E-state index contributed by atoms with van der Waals surface area (Å²) in [6.07, 6.45) is -0.586. The van der Waals surface area contributed by atoms with E-state index in [9.17, 15) is 19.2 Å². The molecule has 162 valence electrons. The number of ketones is 2. The van der Waals surface area contributed by atoms with Gasteiger partial charge in [0.25, 0.3) is 5.91 Å². The molecule has 0 spiro atoms. The quantitative estimate of drug-likeness (QED) is 0.230. The molecular weight excluding hydrogens is 406 g/mol. The van der Waals surface area contributed by atoms with Crippen molar-refractivity contribution in [3.63, 3.8) is 0 Å². The van der Waals surface area contributed by atoms with E-state index in [1.807, 2.05) is 43.3 Å². The van der Waals surface area contributed by atoms with Gasteiger partial charge in [0.15, 0.2) is 5.78 Å². The van der Waals surface area contributed by atoms with Crippen LogP contribution in [0.3, 0.4) is 0 Å². The maximum Gasteiger partial charge on any atom is 0.306 e. The average Bonchev–Trinajstić information content (AvgIpc) is 2.78. The highest BCUT2D eigenvalue weighted by Gasteiger charge is 2.21. The number of carbonyl (C=O) groups is 4. The van der Waals surface area contributed by atoms with Gasteiger partial charge in [0.2, 0.25) is 5.78 Å². The monoisotopic (exact) mass is 429 g/mol. The number of carbonyl (C=O) groups excluding carboxylic acids is 4. The lowest BCUT2D eigenvalue weighted by molar-refractivity contribution is -0.137. The summed E-state index contributed by atoms with van der Waals surface area (Å²) in [4.78, 5) is 49.2. The fourth-order valence-corrected chi connectivity index (χ4v) is 3.17. The molecule has 3 aromatic carbocycles. The average molecular weight is 429 g/mol. The van der Waals surface area contributed by atoms with Gasteiger partial charge in [-0.25, -0.2) is 0 Å². The smallest absolute Gasteiger partial charge is 0.306 e. The zero-order valence-corrected chi connectivity index (χ0v) is 17.8. The maximum atomic E-state index is 12.6. The molecule has 3 aromatic rings. The molecule has 0 saturated heterocycles. The first kappa shape index (κ1) is 22.4. The van der Waals surface area contributed by atoms with Crippen molar-refractivity contribution in [2.24, 2.45) is 0 Å². The fourth-order valence-electron chi connectivity index (χ4n) is 3.17. The van der Waals surface area contributed by atoms with E-state index in [0.29, 0.717) is 11.3 Å². The number of benzene rings is 3. The van der Waals surface area contributed by atoms with Crippen molar-refractivity contribution in [1.82, 2.24) is 10.9 Å². The lowest BCUT2D eigenvalue weighted by atomic mass is 9.99. The number of aryl methyl sites for hydroxylation is 2. The molecule has 2 amide bonds. The predicted octanol–water partition coefficient (Wildman–Crippen LogP) is 3.65. The highest BCUT2D eigenvalue weighted by Crippen LogP contribution is 2.20. The number of hydrazine groups is 1. The predicted molar refractivity (Wildman–Crippen MR) is 122 cm³/mol. The van der Waals surface area contributed by atoms with Crippen LogP contribution in [0.25, 0.3) is 0 Å². The van der Waals surface area contributed by atoms with Crippen molar-refractivity contribution in [2.75, 3.05) is 5.32 Å². The van der Waals surface area contributed by atoms with Crippen LogP contribution in [-0.2, 0) is 9.59 Å². The van der Waals surface area contributed by atoms with E-state index in [0.717, 1.165) is 16.8 Å². The molecule has 0 fully saturated rings. The Bertz CT molecular complexity index is 1170. The first-order valence-corrected chi connectivity index (χ1v) is 10.00. The fraction of sp³-hybridized carbons (Fsp3) is 0.120. The van der Waals surface area contributed by atoms with Crippen molar-refractivity contribution >= 4 is 34.8 Å². The second kappa shape index (κ2) is 10.2. The van der Waals surface area contributed by atoms with Crippen LogP contribution in [0, 0.1) is 13.8 Å². The Labute approximate surface area is 185 Å². The normalized spacial score (nSPS) is 10.2. The first-order chi connectivity index (χ1) is 15.3. The summed E-state index contributed by atoms with van der Waals surface area (Å²) in [7, 11) is 0. The number of para-hydroxylation sites is 2. The topological polar surface area (TPSA) is 104 Å². The number of amides is 2. The lowest BCUT2D eigenvalue weighted by Gasteiger charge is -2.12. The molecule has 0 saturated carbocycles. The second-order valence-corrected chi connectivity index (χ2v) is 7.29. The van der Waals surface area contributed by atoms with Gasteiger partial charge in [-0.05, 0) is 43.7 Å². The summed E-state index contributed by atoms with van der Waals surface area (Å²) in [5, 5.41) is 3.13. The highest BCUT2D eigenvalue weighted by atomic mass is 16.2. The van der Waals surface area contributed by atoms with E-state index >= 15 is 0 Å². The van der Waals surface area contributed by atoms with Gasteiger partial charge in [-0.2, -0.15) is 0 Å². The van der Waals surface area contributed by atoms with Gasteiger partial charge in [-0.3, -0.25) is 30.0 Å². The molecule has 32 heavy (non-hydrogen) atoms. The summed E-state index contributed by atoms with van der Waals surface area (Å²) < 4.78 is 0. The van der Waals surface area contributed by atoms with E-state index in [1.165, 1.54) is 0 Å². The van der Waals surface area contributed by atoms with Crippen LogP contribution in [0.1, 0.15) is 38.3 Å². The molecular formula is C25H23N3O4. The Kier molecular flexibility index (Phi) is 7.13. The van der Waals surface area contributed by atoms with Crippen molar-refractivity contribution in [3.05, 3.63) is 95.1 Å². The third-order valence-electron chi connectivity index (χ3n) is 4.77. The molecule has 0 aliphatic rings. The van der Waals surface area contributed by atoms with Crippen molar-refractivity contribution in [2.45, 2.75) is 20.3 Å². The molecule has 3 N–H and O–H groups in total. The van der Waals surface area contributed by atoms with Crippen LogP contribution >= 0.6 is 0 Å². The Morgan fingerprint density at radius 2 is 1.44 bits per heavy atom. The summed E-state index contributed by atoms with van der Waals surface area (Å²) in [6, 6.07) is 21.3. The molecule has 0 bridgehead atoms. The summed E-state index contributed by atoms with van der Waals surface area (Å²) in [5.41, 5.74) is 8.02. The Morgan fingerprint density at radius 3 is 2.16 bits per heavy atom. The van der Waals surface area contributed by atoms with E-state index in [-0.39, 0.29) is 5.56 Å². The van der Waals surface area contributed by atoms with E-state index in [1.54, 1.807) is 43.3 Å². The van der Waals surface area contributed by atoms with Crippen molar-refractivity contribution in [3.8, 4) is 0 Å². The number of Topliss-reactive ketones (excluding diaryl/α,β-unsaturated/α-hetero) is 2. The van der Waals surface area contributed by atoms with Crippen molar-refractivity contribution < 1.29 is 19.2 Å². The van der Waals surface area contributed by atoms with E-state index in [2.05, 4.69) is 16.2 Å². The Balaban J connectivity index is 1.59. The van der Waals surface area contributed by atoms with Gasteiger partial charge < -0.3 is 5.32 Å². The largest absolute Gasteiger partial charge is 0.355 e. The summed E-state index contributed by atoms with van der Waals surface area (Å²) in [6.45, 7) is 3.67. The number of hydrogen-bond donors (Lipinski definition) is 3. The molecule has 3 rings (SSSR count). The van der Waals surface area contributed by atoms with Crippen LogP contribution < -0.4 is 16.2 Å². The molecule has 0 heterocycles. The van der Waals surface area contributed by atoms with Gasteiger partial charge in [0, 0.05) is 11.3 Å². The van der Waals surface area contributed by atoms with Crippen LogP contribution in [0.2, 0.25) is 0 Å². The molecule has 7 nitrogen and oxygen atoms in total. The third-order valence-corrected chi connectivity index (χ3v) is 4.77. The SMILES string of the molecule is Cc1ccc(C(=O)CC(=O)C(=O)NNC(=O)c2ccccc2Nc2ccccc2)c(C)c1. The van der Waals surface area contributed by atoms with Crippen LogP contribution in [-0.4, -0.2) is 23.4 Å². The van der Waals surface area contributed by atoms with E-state index < -0.39 is 29.8 Å². The summed E-state index contributed by atoms with van der Waals surface area (Å²) in [5.74, 6) is -3.06.